The van der Waals surface area contributed by atoms with Gasteiger partial charge in [-0.25, -0.2) is 19.0 Å². The van der Waals surface area contributed by atoms with Crippen LogP contribution in [0.5, 0.6) is 11.5 Å². The van der Waals surface area contributed by atoms with Crippen molar-refractivity contribution in [3.63, 3.8) is 0 Å². The van der Waals surface area contributed by atoms with Crippen LogP contribution in [-0.2, 0) is 16.1 Å². The van der Waals surface area contributed by atoms with Gasteiger partial charge in [-0.2, -0.15) is 10.4 Å². The molecule has 0 bridgehead atoms. The lowest BCUT2D eigenvalue weighted by Crippen LogP contribution is -2.37. The fourth-order valence-electron chi connectivity index (χ4n) is 4.21. The minimum absolute atomic E-state index is 0.0411. The standard InChI is InChI=1S/C29H30FN7O3/c1-5-39-29(3,4)14-20(15-31)28(38)35-18(2)16-37-27-24(26(32)33-17-34-27)25(36-37)19-10-12-21(13-11-19)40-23-9-7-6-8-22(23)30/h6-14,17-18H,5,16H2,1-4H3,(H,35,38)(H2,32,33,34). The maximum atomic E-state index is 14.0. The Morgan fingerprint density at radius 2 is 1.95 bits per heavy atom. The Hall–Kier alpha value is -4.82. The molecule has 2 heterocycles. The summed E-state index contributed by atoms with van der Waals surface area (Å²) in [5.74, 6) is -0.152. The van der Waals surface area contributed by atoms with Crippen LogP contribution in [-0.4, -0.2) is 43.9 Å². The highest BCUT2D eigenvalue weighted by atomic mass is 19.1. The number of carbonyl (C=O) groups is 1. The van der Waals surface area contributed by atoms with Gasteiger partial charge in [0.2, 0.25) is 0 Å². The molecule has 0 aliphatic rings. The number of ether oxygens (including phenoxy) is 2. The van der Waals surface area contributed by atoms with Crippen molar-refractivity contribution in [2.45, 2.75) is 45.9 Å². The summed E-state index contributed by atoms with van der Waals surface area (Å²) in [5, 5.41) is 17.7. The fourth-order valence-corrected chi connectivity index (χ4v) is 4.21. The van der Waals surface area contributed by atoms with E-state index in [0.29, 0.717) is 29.1 Å². The molecular weight excluding hydrogens is 513 g/mol. The van der Waals surface area contributed by atoms with Gasteiger partial charge < -0.3 is 20.5 Å². The van der Waals surface area contributed by atoms with Gasteiger partial charge in [-0.1, -0.05) is 12.1 Å². The molecule has 4 rings (SSSR count). The number of halogens is 1. The zero-order valence-electron chi connectivity index (χ0n) is 22.7. The van der Waals surface area contributed by atoms with Crippen molar-refractivity contribution in [2.75, 3.05) is 12.3 Å². The second-order valence-corrected chi connectivity index (χ2v) is 9.63. The molecule has 10 nitrogen and oxygen atoms in total. The van der Waals surface area contributed by atoms with Crippen molar-refractivity contribution in [1.82, 2.24) is 25.1 Å². The van der Waals surface area contributed by atoms with Crippen LogP contribution in [0.4, 0.5) is 10.2 Å². The van der Waals surface area contributed by atoms with Gasteiger partial charge in [0.05, 0.1) is 17.5 Å². The first kappa shape index (κ1) is 28.2. The number of aromatic nitrogens is 4. The second-order valence-electron chi connectivity index (χ2n) is 9.63. The smallest absolute Gasteiger partial charge is 0.261 e. The summed E-state index contributed by atoms with van der Waals surface area (Å²) < 4.78 is 26.9. The molecule has 4 aromatic rings. The zero-order chi connectivity index (χ0) is 28.9. The summed E-state index contributed by atoms with van der Waals surface area (Å²) in [4.78, 5) is 21.3. The number of fused-ring (bicyclic) bond motifs is 1. The maximum Gasteiger partial charge on any atom is 0.261 e. The Bertz CT molecular complexity index is 1590. The average molecular weight is 544 g/mol. The van der Waals surface area contributed by atoms with E-state index in [1.807, 2.05) is 13.0 Å². The summed E-state index contributed by atoms with van der Waals surface area (Å²) in [6.07, 6.45) is 2.86. The first-order valence-electron chi connectivity index (χ1n) is 12.7. The lowest BCUT2D eigenvalue weighted by atomic mass is 10.0. The van der Waals surface area contributed by atoms with Crippen LogP contribution in [0.15, 0.2) is 66.5 Å². The van der Waals surface area contributed by atoms with Crippen LogP contribution < -0.4 is 15.8 Å². The van der Waals surface area contributed by atoms with E-state index in [0.717, 1.165) is 5.56 Å². The molecule has 40 heavy (non-hydrogen) atoms. The number of rotatable bonds is 10. The van der Waals surface area contributed by atoms with Crippen molar-refractivity contribution in [3.8, 4) is 28.8 Å². The van der Waals surface area contributed by atoms with Crippen molar-refractivity contribution in [1.29, 1.82) is 5.26 Å². The number of hydrogen-bond acceptors (Lipinski definition) is 8. The number of nitrogens with zero attached hydrogens (tertiary/aromatic N) is 5. The van der Waals surface area contributed by atoms with Crippen LogP contribution in [0.2, 0.25) is 0 Å². The molecule has 0 saturated heterocycles. The van der Waals surface area contributed by atoms with Gasteiger partial charge >= 0.3 is 0 Å². The zero-order valence-corrected chi connectivity index (χ0v) is 22.7. The molecule has 206 valence electrons. The SMILES string of the molecule is CCOC(C)(C)C=C(C#N)C(=O)NC(C)Cn1nc(-c2ccc(Oc3ccccc3F)cc2)c2c(N)ncnc21. The molecule has 2 aromatic heterocycles. The molecular formula is C29H30FN7O3. The Labute approximate surface area is 231 Å². The Morgan fingerprint density at radius 3 is 2.62 bits per heavy atom. The number of nitrogens with two attached hydrogens (primary N) is 1. The quantitative estimate of drug-likeness (QED) is 0.215. The molecule has 3 N–H and O–H groups in total. The molecule has 11 heteroatoms. The van der Waals surface area contributed by atoms with Crippen molar-refractivity contribution in [3.05, 3.63) is 72.3 Å². The van der Waals surface area contributed by atoms with E-state index in [1.54, 1.807) is 67.9 Å². The molecule has 0 spiro atoms. The summed E-state index contributed by atoms with van der Waals surface area (Å²) >= 11 is 0. The van der Waals surface area contributed by atoms with Crippen LogP contribution in [0.3, 0.4) is 0 Å². The number of carbonyl (C=O) groups excluding carboxylic acids is 1. The van der Waals surface area contributed by atoms with Gasteiger partial charge in [0.15, 0.2) is 17.2 Å². The number of nitrogens with one attached hydrogen (secondary N) is 1. The van der Waals surface area contributed by atoms with E-state index in [9.17, 15) is 14.4 Å². The first-order chi connectivity index (χ1) is 19.1. The van der Waals surface area contributed by atoms with E-state index in [-0.39, 0.29) is 23.7 Å². The first-order valence-corrected chi connectivity index (χ1v) is 12.7. The lowest BCUT2D eigenvalue weighted by molar-refractivity contribution is -0.117. The average Bonchev–Trinajstić information content (AvgIpc) is 3.28. The van der Waals surface area contributed by atoms with E-state index >= 15 is 0 Å². The number of nitrogen functional groups attached to an aromatic ring is 1. The summed E-state index contributed by atoms with van der Waals surface area (Å²) in [5.41, 5.74) is 7.16. The summed E-state index contributed by atoms with van der Waals surface area (Å²) in [7, 11) is 0. The van der Waals surface area contributed by atoms with Crippen LogP contribution in [0.25, 0.3) is 22.3 Å². The van der Waals surface area contributed by atoms with Crippen LogP contribution >= 0.6 is 0 Å². The van der Waals surface area contributed by atoms with Gasteiger partial charge in [-0.3, -0.25) is 4.79 Å². The predicted octanol–water partition coefficient (Wildman–Crippen LogP) is 4.78. The van der Waals surface area contributed by atoms with Crippen molar-refractivity contribution in [2.24, 2.45) is 0 Å². The Kier molecular flexibility index (Phi) is 8.40. The third kappa shape index (κ3) is 6.42. The van der Waals surface area contributed by atoms with Crippen LogP contribution in [0, 0.1) is 17.1 Å². The van der Waals surface area contributed by atoms with E-state index < -0.39 is 23.4 Å². The molecule has 2 aromatic carbocycles. The molecule has 1 unspecified atom stereocenters. The number of para-hydroxylation sites is 1. The molecule has 0 aliphatic carbocycles. The number of nitriles is 1. The highest BCUT2D eigenvalue weighted by Crippen LogP contribution is 2.32. The molecule has 0 fully saturated rings. The minimum Gasteiger partial charge on any atom is -0.454 e. The highest BCUT2D eigenvalue weighted by molar-refractivity contribution is 5.98. The van der Waals surface area contributed by atoms with Gasteiger partial charge in [0.1, 0.15) is 35.2 Å². The predicted molar refractivity (Wildman–Crippen MR) is 149 cm³/mol. The molecule has 0 saturated carbocycles. The molecule has 1 atom stereocenters. The number of amides is 1. The molecule has 0 aliphatic heterocycles. The lowest BCUT2D eigenvalue weighted by Gasteiger charge is -2.21. The number of hydrogen-bond donors (Lipinski definition) is 2. The van der Waals surface area contributed by atoms with Gasteiger partial charge in [0.25, 0.3) is 5.91 Å². The van der Waals surface area contributed by atoms with E-state index in [2.05, 4.69) is 15.3 Å². The van der Waals surface area contributed by atoms with Gasteiger partial charge in [0, 0.05) is 18.2 Å². The second kappa shape index (κ2) is 11.9. The summed E-state index contributed by atoms with van der Waals surface area (Å²) in [6, 6.07) is 14.7. The van der Waals surface area contributed by atoms with Gasteiger partial charge in [-0.15, -0.1) is 0 Å². The third-order valence-electron chi connectivity index (χ3n) is 5.95. The number of benzene rings is 2. The molecule has 1 amide bonds. The topological polar surface area (TPSA) is 141 Å². The van der Waals surface area contributed by atoms with E-state index in [4.69, 9.17) is 20.3 Å². The maximum absolute atomic E-state index is 14.0. The number of anilines is 1. The largest absolute Gasteiger partial charge is 0.454 e. The van der Waals surface area contributed by atoms with Crippen LogP contribution in [0.1, 0.15) is 27.7 Å². The third-order valence-corrected chi connectivity index (χ3v) is 5.95. The monoisotopic (exact) mass is 543 g/mol. The van der Waals surface area contributed by atoms with Gasteiger partial charge in [-0.05, 0) is 70.2 Å². The summed E-state index contributed by atoms with van der Waals surface area (Å²) in [6.45, 7) is 7.90. The molecule has 0 radical (unpaired) electrons. The van der Waals surface area contributed by atoms with E-state index in [1.165, 1.54) is 18.5 Å². The fraction of sp³-hybridized carbons (Fsp3) is 0.276. The normalized spacial score (nSPS) is 12.7. The Morgan fingerprint density at radius 1 is 1.23 bits per heavy atom. The Balaban J connectivity index is 1.57. The minimum atomic E-state index is -0.766. The van der Waals surface area contributed by atoms with Crippen molar-refractivity contribution < 1.29 is 18.7 Å². The van der Waals surface area contributed by atoms with Crippen molar-refractivity contribution >= 4 is 22.8 Å². The highest BCUT2D eigenvalue weighted by Gasteiger charge is 2.22.